The summed E-state index contributed by atoms with van der Waals surface area (Å²) < 4.78 is 5.35. The van der Waals surface area contributed by atoms with Gasteiger partial charge < -0.3 is 9.42 Å². The summed E-state index contributed by atoms with van der Waals surface area (Å²) in [5.41, 5.74) is 1.69. The van der Waals surface area contributed by atoms with Crippen LogP contribution < -0.4 is 0 Å². The SMILES string of the molecule is C[C@H]1CCCCN1C(=O)Cc1cc(-c2ccccc2)on1. The molecular formula is C17H20N2O2. The fourth-order valence-corrected chi connectivity index (χ4v) is 2.86. The Morgan fingerprint density at radius 3 is 2.90 bits per heavy atom. The lowest BCUT2D eigenvalue weighted by molar-refractivity contribution is -0.133. The highest BCUT2D eigenvalue weighted by atomic mass is 16.5. The number of carbonyl (C=O) groups excluding carboxylic acids is 1. The fraction of sp³-hybridized carbons (Fsp3) is 0.412. The van der Waals surface area contributed by atoms with E-state index in [1.165, 1.54) is 6.42 Å². The van der Waals surface area contributed by atoms with E-state index in [1.54, 1.807) is 0 Å². The number of likely N-dealkylation sites (tertiary alicyclic amines) is 1. The topological polar surface area (TPSA) is 46.3 Å². The van der Waals surface area contributed by atoms with Crippen LogP contribution in [-0.2, 0) is 11.2 Å². The first-order chi connectivity index (χ1) is 10.2. The average molecular weight is 284 g/mol. The molecule has 1 aliphatic rings. The normalized spacial score (nSPS) is 18.7. The van der Waals surface area contributed by atoms with Crippen LogP contribution in [0.2, 0.25) is 0 Å². The Kier molecular flexibility index (Phi) is 4.04. The third kappa shape index (κ3) is 3.15. The predicted molar refractivity (Wildman–Crippen MR) is 80.7 cm³/mol. The van der Waals surface area contributed by atoms with E-state index < -0.39 is 0 Å². The number of benzene rings is 1. The van der Waals surface area contributed by atoms with Crippen LogP contribution in [-0.4, -0.2) is 28.6 Å². The van der Waals surface area contributed by atoms with E-state index in [0.29, 0.717) is 23.9 Å². The number of piperidine rings is 1. The summed E-state index contributed by atoms with van der Waals surface area (Å²) >= 11 is 0. The van der Waals surface area contributed by atoms with E-state index in [1.807, 2.05) is 41.3 Å². The van der Waals surface area contributed by atoms with Gasteiger partial charge in [-0.3, -0.25) is 4.79 Å². The van der Waals surface area contributed by atoms with Crippen LogP contribution in [0.3, 0.4) is 0 Å². The van der Waals surface area contributed by atoms with Crippen molar-refractivity contribution in [2.45, 2.75) is 38.6 Å². The van der Waals surface area contributed by atoms with Gasteiger partial charge >= 0.3 is 0 Å². The lowest BCUT2D eigenvalue weighted by Gasteiger charge is -2.33. The molecule has 1 amide bonds. The van der Waals surface area contributed by atoms with Gasteiger partial charge in [0.25, 0.3) is 0 Å². The second-order valence-electron chi connectivity index (χ2n) is 5.66. The Bertz CT molecular complexity index is 606. The van der Waals surface area contributed by atoms with Gasteiger partial charge in [0.1, 0.15) is 0 Å². The summed E-state index contributed by atoms with van der Waals surface area (Å²) in [5, 5.41) is 4.03. The molecule has 21 heavy (non-hydrogen) atoms. The van der Waals surface area contributed by atoms with Crippen molar-refractivity contribution >= 4 is 5.91 Å². The summed E-state index contributed by atoms with van der Waals surface area (Å²) in [5.74, 6) is 0.861. The van der Waals surface area contributed by atoms with Crippen LogP contribution in [0, 0.1) is 0 Å². The highest BCUT2D eigenvalue weighted by molar-refractivity contribution is 5.79. The van der Waals surface area contributed by atoms with Crippen molar-refractivity contribution in [3.63, 3.8) is 0 Å². The lowest BCUT2D eigenvalue weighted by atomic mass is 10.0. The first-order valence-electron chi connectivity index (χ1n) is 7.54. The van der Waals surface area contributed by atoms with Crippen molar-refractivity contribution in [3.8, 4) is 11.3 Å². The minimum atomic E-state index is 0.148. The highest BCUT2D eigenvalue weighted by Gasteiger charge is 2.24. The van der Waals surface area contributed by atoms with Crippen molar-refractivity contribution in [2.24, 2.45) is 0 Å². The minimum absolute atomic E-state index is 0.148. The lowest BCUT2D eigenvalue weighted by Crippen LogP contribution is -2.42. The van der Waals surface area contributed by atoms with Crippen LogP contribution in [0.5, 0.6) is 0 Å². The molecule has 1 aliphatic heterocycles. The molecule has 4 nitrogen and oxygen atoms in total. The van der Waals surface area contributed by atoms with Gasteiger partial charge in [-0.15, -0.1) is 0 Å². The zero-order valence-electron chi connectivity index (χ0n) is 12.3. The third-order valence-electron chi connectivity index (χ3n) is 4.07. The minimum Gasteiger partial charge on any atom is -0.356 e. The molecule has 0 N–H and O–H groups in total. The zero-order chi connectivity index (χ0) is 14.7. The molecule has 2 heterocycles. The second kappa shape index (κ2) is 6.12. The van der Waals surface area contributed by atoms with Gasteiger partial charge in [0.05, 0.1) is 12.1 Å². The molecule has 1 aromatic carbocycles. The monoisotopic (exact) mass is 284 g/mol. The first kappa shape index (κ1) is 13.9. The van der Waals surface area contributed by atoms with E-state index in [4.69, 9.17) is 4.52 Å². The summed E-state index contributed by atoms with van der Waals surface area (Å²) in [6.07, 6.45) is 3.73. The van der Waals surface area contributed by atoms with E-state index >= 15 is 0 Å². The van der Waals surface area contributed by atoms with Gasteiger partial charge in [0.2, 0.25) is 5.91 Å². The summed E-state index contributed by atoms with van der Waals surface area (Å²) in [7, 11) is 0. The molecule has 0 unspecified atom stereocenters. The van der Waals surface area contributed by atoms with Crippen LogP contribution in [0.1, 0.15) is 31.9 Å². The van der Waals surface area contributed by atoms with Crippen molar-refractivity contribution in [1.82, 2.24) is 10.1 Å². The molecule has 1 atom stereocenters. The second-order valence-corrected chi connectivity index (χ2v) is 5.66. The smallest absolute Gasteiger partial charge is 0.228 e. The Morgan fingerprint density at radius 2 is 2.14 bits per heavy atom. The van der Waals surface area contributed by atoms with Gasteiger partial charge in [-0.2, -0.15) is 0 Å². The number of carbonyl (C=O) groups is 1. The van der Waals surface area contributed by atoms with Crippen molar-refractivity contribution in [3.05, 3.63) is 42.1 Å². The Labute approximate surface area is 124 Å². The number of amides is 1. The van der Waals surface area contributed by atoms with Crippen molar-refractivity contribution in [1.29, 1.82) is 0 Å². The van der Waals surface area contributed by atoms with Gasteiger partial charge in [-0.05, 0) is 26.2 Å². The molecule has 3 rings (SSSR count). The number of hydrogen-bond donors (Lipinski definition) is 0. The van der Waals surface area contributed by atoms with E-state index in [0.717, 1.165) is 24.9 Å². The summed E-state index contributed by atoms with van der Waals surface area (Å²) in [6.45, 7) is 2.98. The highest BCUT2D eigenvalue weighted by Crippen LogP contribution is 2.21. The number of hydrogen-bond acceptors (Lipinski definition) is 3. The van der Waals surface area contributed by atoms with Crippen LogP contribution >= 0.6 is 0 Å². The molecule has 0 bridgehead atoms. The Hall–Kier alpha value is -2.10. The number of rotatable bonds is 3. The largest absolute Gasteiger partial charge is 0.356 e. The summed E-state index contributed by atoms with van der Waals surface area (Å²) in [6, 6.07) is 12.0. The molecule has 110 valence electrons. The van der Waals surface area contributed by atoms with Crippen molar-refractivity contribution < 1.29 is 9.32 Å². The predicted octanol–water partition coefficient (Wildman–Crippen LogP) is 3.29. The van der Waals surface area contributed by atoms with Gasteiger partial charge in [-0.1, -0.05) is 35.5 Å². The van der Waals surface area contributed by atoms with Gasteiger partial charge in [0.15, 0.2) is 5.76 Å². The molecule has 2 aromatic rings. The van der Waals surface area contributed by atoms with E-state index in [2.05, 4.69) is 12.1 Å². The van der Waals surface area contributed by atoms with Crippen LogP contribution in [0.4, 0.5) is 0 Å². The standard InChI is InChI=1S/C17H20N2O2/c1-13-7-5-6-10-19(13)17(20)12-15-11-16(21-18-15)14-8-3-2-4-9-14/h2-4,8-9,11,13H,5-7,10,12H2,1H3/t13-/m0/s1. The number of nitrogens with zero attached hydrogens (tertiary/aromatic N) is 2. The molecule has 1 saturated heterocycles. The Balaban J connectivity index is 1.68. The molecule has 1 fully saturated rings. The van der Waals surface area contributed by atoms with Crippen LogP contribution in [0.15, 0.2) is 40.9 Å². The molecule has 0 aliphatic carbocycles. The molecule has 1 aromatic heterocycles. The third-order valence-corrected chi connectivity index (χ3v) is 4.07. The Morgan fingerprint density at radius 1 is 1.33 bits per heavy atom. The maximum Gasteiger partial charge on any atom is 0.228 e. The molecule has 0 saturated carbocycles. The van der Waals surface area contributed by atoms with Gasteiger partial charge in [0, 0.05) is 24.2 Å². The maximum absolute atomic E-state index is 12.4. The van der Waals surface area contributed by atoms with E-state index in [9.17, 15) is 4.79 Å². The maximum atomic E-state index is 12.4. The number of aromatic nitrogens is 1. The fourth-order valence-electron chi connectivity index (χ4n) is 2.86. The van der Waals surface area contributed by atoms with Gasteiger partial charge in [-0.25, -0.2) is 0 Å². The van der Waals surface area contributed by atoms with E-state index in [-0.39, 0.29) is 5.91 Å². The summed E-state index contributed by atoms with van der Waals surface area (Å²) in [4.78, 5) is 14.3. The zero-order valence-corrected chi connectivity index (χ0v) is 12.3. The van der Waals surface area contributed by atoms with Crippen molar-refractivity contribution in [2.75, 3.05) is 6.54 Å². The average Bonchev–Trinajstić information content (AvgIpc) is 2.97. The first-order valence-corrected chi connectivity index (χ1v) is 7.54. The van der Waals surface area contributed by atoms with Crippen LogP contribution in [0.25, 0.3) is 11.3 Å². The molecular weight excluding hydrogens is 264 g/mol. The molecule has 0 spiro atoms. The molecule has 0 radical (unpaired) electrons. The quantitative estimate of drug-likeness (QED) is 0.869. The molecule has 4 heteroatoms.